The molecule has 1 heterocycles. The molecule has 2 aromatic carbocycles. The number of hydrogen-bond acceptors (Lipinski definition) is 1. The van der Waals surface area contributed by atoms with E-state index in [-0.39, 0.29) is 11.9 Å². The van der Waals surface area contributed by atoms with Gasteiger partial charge in [0.2, 0.25) is 0 Å². The zero-order valence-corrected chi connectivity index (χ0v) is 11.5. The number of halogens is 1. The molecule has 0 saturated heterocycles. The Labute approximate surface area is 118 Å². The molecule has 0 saturated carbocycles. The standard InChI is InChI=1S/C15H13FNO2S/c16-13-7-5-12(6-8-13)15-14-4-2-1-3-11(14)9-10-17(15)20(18)19/h1-8,15H,9-10H2/q+1/t15-/m0/s1. The van der Waals surface area contributed by atoms with Gasteiger partial charge in [0, 0.05) is 0 Å². The maximum atomic E-state index is 13.1. The number of hydrogen-bond donors (Lipinski definition) is 0. The molecule has 0 spiro atoms. The van der Waals surface area contributed by atoms with Crippen LogP contribution in [0.3, 0.4) is 0 Å². The van der Waals surface area contributed by atoms with Gasteiger partial charge in [-0.1, -0.05) is 0 Å². The third-order valence-corrected chi connectivity index (χ3v) is 4.39. The van der Waals surface area contributed by atoms with Gasteiger partial charge in [-0.3, -0.25) is 0 Å². The monoisotopic (exact) mass is 290 g/mol. The first kappa shape index (κ1) is 13.3. The molecule has 0 N–H and O–H groups in total. The van der Waals surface area contributed by atoms with E-state index in [4.69, 9.17) is 0 Å². The van der Waals surface area contributed by atoms with Crippen LogP contribution in [0.1, 0.15) is 22.7 Å². The Hall–Kier alpha value is -1.69. The second-order valence-corrected chi connectivity index (χ2v) is 5.66. The van der Waals surface area contributed by atoms with Crippen molar-refractivity contribution < 1.29 is 12.6 Å². The molecule has 1 aliphatic heterocycles. The number of nitrogens with zero attached hydrogens (tertiary/aromatic N) is 1. The van der Waals surface area contributed by atoms with E-state index in [0.717, 1.165) is 16.7 Å². The van der Waals surface area contributed by atoms with E-state index in [1.807, 2.05) is 24.3 Å². The topological polar surface area (TPSA) is 40.2 Å². The van der Waals surface area contributed by atoms with Crippen molar-refractivity contribution in [3.05, 3.63) is 71.0 Å². The van der Waals surface area contributed by atoms with Gasteiger partial charge < -0.3 is 0 Å². The summed E-state index contributed by atoms with van der Waals surface area (Å²) in [6, 6.07) is 13.4. The predicted octanol–water partition coefficient (Wildman–Crippen LogP) is 2.78. The molecule has 0 unspecified atom stereocenters. The molecule has 0 radical (unpaired) electrons. The van der Waals surface area contributed by atoms with Gasteiger partial charge in [-0.25, -0.2) is 0 Å². The van der Waals surface area contributed by atoms with Crippen molar-refractivity contribution in [1.82, 2.24) is 4.31 Å². The Morgan fingerprint density at radius 2 is 1.85 bits per heavy atom. The molecule has 1 atom stereocenters. The van der Waals surface area contributed by atoms with Gasteiger partial charge >= 0.3 is 118 Å². The van der Waals surface area contributed by atoms with Crippen molar-refractivity contribution in [1.29, 1.82) is 0 Å². The van der Waals surface area contributed by atoms with E-state index < -0.39 is 10.7 Å². The number of fused-ring (bicyclic) bond motifs is 1. The predicted molar refractivity (Wildman–Crippen MR) is 73.9 cm³/mol. The second-order valence-electron chi connectivity index (χ2n) is 4.76. The fourth-order valence-electron chi connectivity index (χ4n) is 2.69. The Morgan fingerprint density at radius 3 is 2.55 bits per heavy atom. The summed E-state index contributed by atoms with van der Waals surface area (Å²) in [6.45, 7) is 0.440. The third kappa shape index (κ3) is 2.35. The molecule has 3 rings (SSSR count). The van der Waals surface area contributed by atoms with Gasteiger partial charge in [-0.15, -0.1) is 0 Å². The first-order valence-corrected chi connectivity index (χ1v) is 7.39. The SMILES string of the molecule is O=S(#[O+])N1CCc2ccccc2[C@@H]1c1ccc(F)cc1. The van der Waals surface area contributed by atoms with Crippen LogP contribution >= 0.6 is 0 Å². The first-order chi connectivity index (χ1) is 9.66. The molecule has 2 aromatic rings. The molecule has 1 aliphatic rings. The molecule has 20 heavy (non-hydrogen) atoms. The average Bonchev–Trinajstić information content (AvgIpc) is 2.47. The molecule has 3 nitrogen and oxygen atoms in total. The van der Waals surface area contributed by atoms with Gasteiger partial charge in [0.1, 0.15) is 0 Å². The third-order valence-electron chi connectivity index (χ3n) is 3.62. The van der Waals surface area contributed by atoms with Crippen LogP contribution in [0, 0.1) is 5.82 Å². The van der Waals surface area contributed by atoms with Crippen molar-refractivity contribution in [2.75, 3.05) is 6.54 Å². The van der Waals surface area contributed by atoms with Gasteiger partial charge in [0.15, 0.2) is 0 Å². The molecular formula is C15H13FNO2S+. The van der Waals surface area contributed by atoms with Crippen LogP contribution in [-0.4, -0.2) is 15.1 Å². The molecule has 5 heteroatoms. The van der Waals surface area contributed by atoms with E-state index in [2.05, 4.69) is 0 Å². The summed E-state index contributed by atoms with van der Waals surface area (Å²) in [5, 5.41) is 0. The van der Waals surface area contributed by atoms with Crippen LogP contribution in [-0.2, 0) is 21.2 Å². The van der Waals surface area contributed by atoms with E-state index in [9.17, 15) is 12.6 Å². The Kier molecular flexibility index (Phi) is 3.56. The van der Waals surface area contributed by atoms with Crippen LogP contribution in [0.2, 0.25) is 0 Å². The number of benzene rings is 2. The fraction of sp³-hybridized carbons (Fsp3) is 0.200. The van der Waals surface area contributed by atoms with Gasteiger partial charge in [0.05, 0.1) is 0 Å². The maximum absolute atomic E-state index is 13.1. The minimum absolute atomic E-state index is 0.326. The summed E-state index contributed by atoms with van der Waals surface area (Å²) in [5.41, 5.74) is 2.89. The number of rotatable bonds is 1. The Bertz CT molecular complexity index is 755. The molecule has 0 fully saturated rings. The Morgan fingerprint density at radius 1 is 1.15 bits per heavy atom. The summed E-state index contributed by atoms with van der Waals surface area (Å²) >= 11 is 0. The molecule has 102 valence electrons. The minimum atomic E-state index is -2.31. The van der Waals surface area contributed by atoms with Crippen LogP contribution in [0.15, 0.2) is 48.5 Å². The Balaban J connectivity index is 2.15. The summed E-state index contributed by atoms with van der Waals surface area (Å²) in [7, 11) is -2.31. The van der Waals surface area contributed by atoms with Crippen LogP contribution in [0.4, 0.5) is 4.39 Å². The summed E-state index contributed by atoms with van der Waals surface area (Å²) in [6.07, 6.45) is 0.696. The van der Waals surface area contributed by atoms with E-state index in [0.29, 0.717) is 13.0 Å². The summed E-state index contributed by atoms with van der Waals surface area (Å²) in [5.74, 6) is -0.326. The zero-order valence-electron chi connectivity index (χ0n) is 10.7. The zero-order chi connectivity index (χ0) is 14.1. The van der Waals surface area contributed by atoms with Gasteiger partial charge in [-0.05, 0) is 0 Å². The van der Waals surface area contributed by atoms with Crippen molar-refractivity contribution in [2.45, 2.75) is 12.5 Å². The quantitative estimate of drug-likeness (QED) is 0.744. The van der Waals surface area contributed by atoms with Crippen LogP contribution < -0.4 is 0 Å². The molecule has 0 aliphatic carbocycles. The van der Waals surface area contributed by atoms with Gasteiger partial charge in [-0.2, -0.15) is 0 Å². The van der Waals surface area contributed by atoms with E-state index >= 15 is 0 Å². The average molecular weight is 290 g/mol. The second kappa shape index (κ2) is 5.36. The van der Waals surface area contributed by atoms with Crippen molar-refractivity contribution >= 4 is 10.7 Å². The molecular weight excluding hydrogens is 277 g/mol. The van der Waals surface area contributed by atoms with Crippen LogP contribution in [0.25, 0.3) is 0 Å². The fourth-order valence-corrected chi connectivity index (χ4v) is 3.34. The van der Waals surface area contributed by atoms with Gasteiger partial charge in [0.25, 0.3) is 0 Å². The molecule has 0 aromatic heterocycles. The normalized spacial score (nSPS) is 18.5. The van der Waals surface area contributed by atoms with Crippen LogP contribution in [0.5, 0.6) is 0 Å². The van der Waals surface area contributed by atoms with Crippen molar-refractivity contribution in [3.8, 4) is 0 Å². The van der Waals surface area contributed by atoms with Crippen molar-refractivity contribution in [2.24, 2.45) is 0 Å². The molecule has 0 bridgehead atoms. The summed E-state index contributed by atoms with van der Waals surface area (Å²) < 4.78 is 37.4. The molecule has 0 amide bonds. The van der Waals surface area contributed by atoms with E-state index in [1.54, 1.807) is 12.1 Å². The van der Waals surface area contributed by atoms with Crippen molar-refractivity contribution in [3.63, 3.8) is 0 Å². The summed E-state index contributed by atoms with van der Waals surface area (Å²) in [4.78, 5) is 0. The first-order valence-electron chi connectivity index (χ1n) is 6.36. The van der Waals surface area contributed by atoms with E-state index in [1.165, 1.54) is 16.4 Å².